The molecule has 3 aromatic heterocycles. The van der Waals surface area contributed by atoms with Crippen LogP contribution in [0.2, 0.25) is 0 Å². The molecule has 0 aliphatic heterocycles. The molecule has 5 nitrogen and oxygen atoms in total. The van der Waals surface area contributed by atoms with Gasteiger partial charge >= 0.3 is 0 Å². The average Bonchev–Trinajstić information content (AvgIpc) is 3.90. The maximum absolute atomic E-state index is 6.70. The minimum atomic E-state index is 0.149. The number of para-hydroxylation sites is 1. The molecular formula is C55H44N4O. The third-order valence-corrected chi connectivity index (χ3v) is 11.0. The predicted molar refractivity (Wildman–Crippen MR) is 244 cm³/mol. The molecule has 0 atom stereocenters. The first kappa shape index (κ1) is 36.8. The van der Waals surface area contributed by atoms with Gasteiger partial charge in [0.2, 0.25) is 0 Å². The summed E-state index contributed by atoms with van der Waals surface area (Å²) >= 11 is 0. The molecule has 0 bridgehead atoms. The van der Waals surface area contributed by atoms with Crippen molar-refractivity contribution in [1.82, 2.24) is 14.1 Å². The molecule has 3 heterocycles. The van der Waals surface area contributed by atoms with E-state index in [-0.39, 0.29) is 5.41 Å². The van der Waals surface area contributed by atoms with Gasteiger partial charge in [-0.15, -0.1) is 0 Å². The van der Waals surface area contributed by atoms with Crippen LogP contribution in [-0.4, -0.2) is 14.1 Å². The van der Waals surface area contributed by atoms with Crippen molar-refractivity contribution >= 4 is 21.8 Å². The van der Waals surface area contributed by atoms with E-state index in [1.54, 1.807) is 0 Å². The first-order chi connectivity index (χ1) is 29.3. The number of rotatable bonds is 9. The lowest BCUT2D eigenvalue weighted by atomic mass is 9.88. The molecule has 60 heavy (non-hydrogen) atoms. The van der Waals surface area contributed by atoms with E-state index >= 15 is 0 Å². The summed E-state index contributed by atoms with van der Waals surface area (Å²) in [5, 5.41) is 2.31. The van der Waals surface area contributed by atoms with Crippen LogP contribution in [0.5, 0.6) is 11.5 Å². The van der Waals surface area contributed by atoms with Crippen molar-refractivity contribution in [2.45, 2.75) is 27.2 Å². The molecule has 10 rings (SSSR count). The minimum absolute atomic E-state index is 0.149. The number of fused-ring (bicyclic) bond motifs is 3. The SMILES string of the molecule is CC(C)(C)Cc1ccnc(-n2c3ccc(-c4ccccc4)cc3c3ccc(Oc4cccc(-n5[c-][n+](-c6c(-c7ccccc7)cccc6-c6ccccc6)cc5)c4)cc32)c1. The van der Waals surface area contributed by atoms with Crippen molar-refractivity contribution in [2.24, 2.45) is 5.41 Å². The summed E-state index contributed by atoms with van der Waals surface area (Å²) in [5.41, 5.74) is 12.5. The molecule has 0 saturated carbocycles. The summed E-state index contributed by atoms with van der Waals surface area (Å²) in [6.07, 6.45) is 10.6. The number of ether oxygens (including phenoxy) is 1. The Labute approximate surface area is 351 Å². The summed E-state index contributed by atoms with van der Waals surface area (Å²) in [6.45, 7) is 6.82. The highest BCUT2D eigenvalue weighted by Crippen LogP contribution is 2.38. The van der Waals surface area contributed by atoms with Crippen LogP contribution in [0.3, 0.4) is 0 Å². The van der Waals surface area contributed by atoms with Crippen molar-refractivity contribution < 1.29 is 9.30 Å². The number of aromatic nitrogens is 4. The molecule has 0 spiro atoms. The van der Waals surface area contributed by atoms with Crippen LogP contribution in [-0.2, 0) is 6.42 Å². The molecule has 5 heteroatoms. The molecular weight excluding hydrogens is 733 g/mol. The number of hydrogen-bond donors (Lipinski definition) is 0. The highest BCUT2D eigenvalue weighted by molar-refractivity contribution is 6.10. The Balaban J connectivity index is 1.03. The minimum Gasteiger partial charge on any atom is -0.458 e. The molecule has 0 amide bonds. The second kappa shape index (κ2) is 15.3. The first-order valence-electron chi connectivity index (χ1n) is 20.5. The Morgan fingerprint density at radius 1 is 0.567 bits per heavy atom. The zero-order valence-corrected chi connectivity index (χ0v) is 34.0. The van der Waals surface area contributed by atoms with Crippen molar-refractivity contribution in [3.63, 3.8) is 0 Å². The van der Waals surface area contributed by atoms with Crippen LogP contribution in [0.4, 0.5) is 0 Å². The van der Waals surface area contributed by atoms with Crippen LogP contribution in [0.15, 0.2) is 201 Å². The predicted octanol–water partition coefficient (Wildman–Crippen LogP) is 13.4. The maximum Gasteiger partial charge on any atom is 0.268 e. The Hall–Kier alpha value is -7.50. The number of imidazole rings is 1. The fourth-order valence-electron chi connectivity index (χ4n) is 8.35. The van der Waals surface area contributed by atoms with Gasteiger partial charge in [0.15, 0.2) is 0 Å². The Morgan fingerprint density at radius 3 is 1.93 bits per heavy atom. The van der Waals surface area contributed by atoms with Gasteiger partial charge in [-0.1, -0.05) is 142 Å². The van der Waals surface area contributed by atoms with Crippen molar-refractivity contribution in [3.05, 3.63) is 212 Å². The standard InChI is InChI=1S/C55H44N4O/c1-55(2,3)37-39-29-30-56-53(33-39)59-51-28-25-43(40-15-7-4-8-16-40)34-50(51)49-27-26-46(36-52(49)59)60-45-22-13-21-44(35-45)57-31-32-58(38-57)54-47(41-17-9-5-10-18-41)23-14-24-48(54)42-19-11-6-12-20-42/h4-36H,37H2,1-3H3. The highest BCUT2D eigenvalue weighted by Gasteiger charge is 2.19. The van der Waals surface area contributed by atoms with E-state index in [1.165, 1.54) is 22.1 Å². The first-order valence-corrected chi connectivity index (χ1v) is 20.5. The number of nitrogens with zero attached hydrogens (tertiary/aromatic N) is 4. The van der Waals surface area contributed by atoms with E-state index in [0.717, 1.165) is 73.8 Å². The Kier molecular flexibility index (Phi) is 9.42. The van der Waals surface area contributed by atoms with E-state index < -0.39 is 0 Å². The van der Waals surface area contributed by atoms with Crippen LogP contribution < -0.4 is 9.30 Å². The number of benzene rings is 7. The fraction of sp³-hybridized carbons (Fsp3) is 0.0909. The fourth-order valence-corrected chi connectivity index (χ4v) is 8.35. The molecule has 290 valence electrons. The summed E-state index contributed by atoms with van der Waals surface area (Å²) in [4.78, 5) is 4.93. The average molecular weight is 777 g/mol. The van der Waals surface area contributed by atoms with E-state index in [2.05, 4.69) is 212 Å². The molecule has 0 radical (unpaired) electrons. The van der Waals surface area contributed by atoms with Gasteiger partial charge in [0.25, 0.3) is 6.33 Å². The van der Waals surface area contributed by atoms with Gasteiger partial charge in [0.05, 0.1) is 22.4 Å². The highest BCUT2D eigenvalue weighted by atomic mass is 16.5. The lowest BCUT2D eigenvalue weighted by Crippen LogP contribution is -2.30. The van der Waals surface area contributed by atoms with Gasteiger partial charge in [-0.2, -0.15) is 0 Å². The summed E-state index contributed by atoms with van der Waals surface area (Å²) in [7, 11) is 0. The second-order valence-electron chi connectivity index (χ2n) is 16.5. The smallest absolute Gasteiger partial charge is 0.268 e. The van der Waals surface area contributed by atoms with Gasteiger partial charge in [0.1, 0.15) is 17.3 Å². The molecule has 10 aromatic rings. The quantitative estimate of drug-likeness (QED) is 0.108. The largest absolute Gasteiger partial charge is 0.458 e. The van der Waals surface area contributed by atoms with Gasteiger partial charge in [-0.3, -0.25) is 13.7 Å². The van der Waals surface area contributed by atoms with Gasteiger partial charge in [-0.05, 0) is 105 Å². The Morgan fingerprint density at radius 2 is 1.23 bits per heavy atom. The maximum atomic E-state index is 6.70. The third kappa shape index (κ3) is 7.27. The van der Waals surface area contributed by atoms with Crippen LogP contribution in [0, 0.1) is 11.7 Å². The van der Waals surface area contributed by atoms with Crippen LogP contribution in [0.25, 0.3) is 72.4 Å². The second-order valence-corrected chi connectivity index (χ2v) is 16.5. The third-order valence-electron chi connectivity index (χ3n) is 11.0. The number of pyridine rings is 1. The van der Waals surface area contributed by atoms with Crippen LogP contribution >= 0.6 is 0 Å². The molecule has 0 N–H and O–H groups in total. The zero-order chi connectivity index (χ0) is 40.6. The monoisotopic (exact) mass is 776 g/mol. The summed E-state index contributed by atoms with van der Waals surface area (Å²) in [5.74, 6) is 2.37. The van der Waals surface area contributed by atoms with Crippen molar-refractivity contribution in [2.75, 3.05) is 0 Å². The van der Waals surface area contributed by atoms with E-state index in [9.17, 15) is 0 Å². The lowest BCUT2D eigenvalue weighted by Gasteiger charge is -2.18. The molecule has 0 fully saturated rings. The van der Waals surface area contributed by atoms with E-state index in [1.807, 2.05) is 29.1 Å². The normalized spacial score (nSPS) is 11.7. The molecule has 0 saturated heterocycles. The Bertz CT molecular complexity index is 3060. The molecule has 0 aliphatic carbocycles. The van der Waals surface area contributed by atoms with E-state index in [0.29, 0.717) is 0 Å². The molecule has 0 aliphatic rings. The lowest BCUT2D eigenvalue weighted by molar-refractivity contribution is -0.598. The summed E-state index contributed by atoms with van der Waals surface area (Å²) in [6, 6.07) is 63.8. The van der Waals surface area contributed by atoms with Gasteiger partial charge in [-0.25, -0.2) is 4.98 Å². The molecule has 0 unspecified atom stereocenters. The topological polar surface area (TPSA) is 35.9 Å². The van der Waals surface area contributed by atoms with Crippen LogP contribution in [0.1, 0.15) is 26.3 Å². The molecule has 7 aromatic carbocycles. The number of hydrogen-bond acceptors (Lipinski definition) is 2. The summed E-state index contributed by atoms with van der Waals surface area (Å²) < 4.78 is 13.1. The zero-order valence-electron chi connectivity index (χ0n) is 34.0. The van der Waals surface area contributed by atoms with E-state index in [4.69, 9.17) is 9.72 Å². The van der Waals surface area contributed by atoms with Crippen molar-refractivity contribution in [1.29, 1.82) is 0 Å². The van der Waals surface area contributed by atoms with Gasteiger partial charge < -0.3 is 4.74 Å². The van der Waals surface area contributed by atoms with Crippen molar-refractivity contribution in [3.8, 4) is 62.1 Å². The van der Waals surface area contributed by atoms with Gasteiger partial charge in [0, 0.05) is 35.4 Å².